The van der Waals surface area contributed by atoms with E-state index in [0.717, 1.165) is 42.5 Å². The van der Waals surface area contributed by atoms with Crippen molar-refractivity contribution in [1.29, 1.82) is 0 Å². The van der Waals surface area contributed by atoms with Crippen LogP contribution in [0.15, 0.2) is 29.3 Å². The van der Waals surface area contributed by atoms with Crippen LogP contribution in [0.3, 0.4) is 0 Å². The zero-order valence-electron chi connectivity index (χ0n) is 15.6. The van der Waals surface area contributed by atoms with Crippen molar-refractivity contribution < 1.29 is 9.84 Å². The quantitative estimate of drug-likeness (QED) is 0.207. The topological polar surface area (TPSA) is 65.9 Å². The molecule has 0 saturated carbocycles. The summed E-state index contributed by atoms with van der Waals surface area (Å²) in [4.78, 5) is 4.46. The Labute approximate surface area is 173 Å². The van der Waals surface area contributed by atoms with Crippen molar-refractivity contribution in [3.05, 3.63) is 29.8 Å². The molecule has 144 valence electrons. The molecule has 1 aromatic carbocycles. The summed E-state index contributed by atoms with van der Waals surface area (Å²) in [6, 6.07) is 7.54. The standard InChI is InChI=1S/C18H31N3O2S.HI/c1-5-19-18(20-11-6-12-24-4)21-13-17(22)15-7-9-16(10-8-15)23-14(2)3;/h7-10,14,17,22H,5-6,11-13H2,1-4H3,(H2,19,20,21);1H. The molecule has 0 heterocycles. The van der Waals surface area contributed by atoms with E-state index in [-0.39, 0.29) is 30.1 Å². The Bertz CT molecular complexity index is 484. The summed E-state index contributed by atoms with van der Waals surface area (Å²) in [5.74, 6) is 2.69. The van der Waals surface area contributed by atoms with Crippen LogP contribution in [0.2, 0.25) is 0 Å². The van der Waals surface area contributed by atoms with Gasteiger partial charge in [0.1, 0.15) is 5.75 Å². The van der Waals surface area contributed by atoms with E-state index in [1.54, 1.807) is 0 Å². The van der Waals surface area contributed by atoms with Crippen LogP contribution in [0.1, 0.15) is 38.9 Å². The predicted molar refractivity (Wildman–Crippen MR) is 120 cm³/mol. The van der Waals surface area contributed by atoms with E-state index < -0.39 is 6.10 Å². The molecule has 0 aliphatic carbocycles. The number of nitrogens with one attached hydrogen (secondary N) is 2. The van der Waals surface area contributed by atoms with Crippen LogP contribution in [0.4, 0.5) is 0 Å². The first kappa shape index (κ1) is 24.3. The number of ether oxygens (including phenoxy) is 1. The molecular formula is C18H32IN3O2S. The van der Waals surface area contributed by atoms with Crippen molar-refractivity contribution in [3.63, 3.8) is 0 Å². The zero-order valence-corrected chi connectivity index (χ0v) is 18.8. The Morgan fingerprint density at radius 1 is 1.24 bits per heavy atom. The predicted octanol–water partition coefficient (Wildman–Crippen LogP) is 3.43. The number of nitrogens with zero attached hydrogens (tertiary/aromatic N) is 1. The van der Waals surface area contributed by atoms with E-state index in [1.165, 1.54) is 0 Å². The number of hydrogen-bond acceptors (Lipinski definition) is 4. The van der Waals surface area contributed by atoms with Gasteiger partial charge in [-0.25, -0.2) is 0 Å². The number of benzene rings is 1. The number of guanidine groups is 1. The Balaban J connectivity index is 0.00000576. The summed E-state index contributed by atoms with van der Waals surface area (Å²) < 4.78 is 5.61. The maximum absolute atomic E-state index is 10.3. The first-order valence-electron chi connectivity index (χ1n) is 8.52. The second-order valence-corrected chi connectivity index (χ2v) is 6.73. The third kappa shape index (κ3) is 10.8. The van der Waals surface area contributed by atoms with Gasteiger partial charge < -0.3 is 20.5 Å². The molecule has 25 heavy (non-hydrogen) atoms. The van der Waals surface area contributed by atoms with Gasteiger partial charge in [-0.15, -0.1) is 24.0 Å². The van der Waals surface area contributed by atoms with Gasteiger partial charge in [0.15, 0.2) is 5.96 Å². The third-order valence-electron chi connectivity index (χ3n) is 3.22. The van der Waals surface area contributed by atoms with Gasteiger partial charge in [0.05, 0.1) is 18.8 Å². The highest BCUT2D eigenvalue weighted by Crippen LogP contribution is 2.19. The number of aliphatic hydroxyl groups excluding tert-OH is 1. The molecule has 0 amide bonds. The van der Waals surface area contributed by atoms with Gasteiger partial charge in [-0.05, 0) is 56.9 Å². The van der Waals surface area contributed by atoms with Crippen LogP contribution in [-0.4, -0.2) is 48.8 Å². The fraction of sp³-hybridized carbons (Fsp3) is 0.611. The number of aliphatic imine (C=N–C) groups is 1. The smallest absolute Gasteiger partial charge is 0.191 e. The first-order chi connectivity index (χ1) is 11.6. The normalized spacial score (nSPS) is 12.5. The van der Waals surface area contributed by atoms with E-state index in [4.69, 9.17) is 4.74 Å². The molecule has 3 N–H and O–H groups in total. The zero-order chi connectivity index (χ0) is 17.8. The summed E-state index contributed by atoms with van der Waals surface area (Å²) >= 11 is 1.84. The average molecular weight is 481 g/mol. The molecule has 0 spiro atoms. The van der Waals surface area contributed by atoms with Crippen LogP contribution in [0, 0.1) is 0 Å². The summed E-state index contributed by atoms with van der Waals surface area (Å²) in [5.41, 5.74) is 0.841. The Morgan fingerprint density at radius 3 is 2.48 bits per heavy atom. The van der Waals surface area contributed by atoms with E-state index in [0.29, 0.717) is 6.54 Å². The molecule has 0 aliphatic rings. The van der Waals surface area contributed by atoms with Crippen molar-refractivity contribution in [2.75, 3.05) is 31.6 Å². The molecule has 0 aliphatic heterocycles. The molecule has 0 fully saturated rings. The molecule has 0 aromatic heterocycles. The molecule has 0 bridgehead atoms. The second-order valence-electron chi connectivity index (χ2n) is 5.74. The number of halogens is 1. The van der Waals surface area contributed by atoms with E-state index in [1.807, 2.05) is 56.8 Å². The lowest BCUT2D eigenvalue weighted by Crippen LogP contribution is -2.38. The minimum absolute atomic E-state index is 0. The minimum Gasteiger partial charge on any atom is -0.491 e. The molecule has 0 saturated heterocycles. The lowest BCUT2D eigenvalue weighted by atomic mass is 10.1. The lowest BCUT2D eigenvalue weighted by Gasteiger charge is -2.14. The van der Waals surface area contributed by atoms with E-state index >= 15 is 0 Å². The molecule has 5 nitrogen and oxygen atoms in total. The number of hydrogen-bond donors (Lipinski definition) is 3. The molecule has 7 heteroatoms. The second kappa shape index (κ2) is 14.5. The fourth-order valence-corrected chi connectivity index (χ4v) is 2.52. The molecule has 1 rings (SSSR count). The SMILES string of the molecule is CCNC(=NCC(O)c1ccc(OC(C)C)cc1)NCCCSC.I. The van der Waals surface area contributed by atoms with Crippen molar-refractivity contribution in [3.8, 4) is 5.75 Å². The summed E-state index contributed by atoms with van der Waals surface area (Å²) in [5, 5.41) is 16.8. The summed E-state index contributed by atoms with van der Waals surface area (Å²) in [7, 11) is 0. The van der Waals surface area contributed by atoms with Crippen LogP contribution in [-0.2, 0) is 0 Å². The van der Waals surface area contributed by atoms with Gasteiger partial charge in [0, 0.05) is 13.1 Å². The molecule has 1 atom stereocenters. The largest absolute Gasteiger partial charge is 0.491 e. The van der Waals surface area contributed by atoms with Gasteiger partial charge >= 0.3 is 0 Å². The van der Waals surface area contributed by atoms with E-state index in [2.05, 4.69) is 21.9 Å². The number of aliphatic hydroxyl groups is 1. The Kier molecular flexibility index (Phi) is 14.1. The van der Waals surface area contributed by atoms with Crippen molar-refractivity contribution in [2.45, 2.75) is 39.4 Å². The van der Waals surface area contributed by atoms with Gasteiger partial charge in [-0.2, -0.15) is 11.8 Å². The monoisotopic (exact) mass is 481 g/mol. The van der Waals surface area contributed by atoms with Gasteiger partial charge in [0.2, 0.25) is 0 Å². The highest BCUT2D eigenvalue weighted by Gasteiger charge is 2.08. The van der Waals surface area contributed by atoms with Crippen LogP contribution < -0.4 is 15.4 Å². The van der Waals surface area contributed by atoms with Crippen molar-refractivity contribution in [1.82, 2.24) is 10.6 Å². The first-order valence-corrected chi connectivity index (χ1v) is 9.92. The lowest BCUT2D eigenvalue weighted by molar-refractivity contribution is 0.186. The molecule has 1 aromatic rings. The van der Waals surface area contributed by atoms with Crippen LogP contribution in [0.25, 0.3) is 0 Å². The number of rotatable bonds is 10. The maximum atomic E-state index is 10.3. The van der Waals surface area contributed by atoms with Crippen molar-refractivity contribution in [2.24, 2.45) is 4.99 Å². The fourth-order valence-electron chi connectivity index (χ4n) is 2.09. The third-order valence-corrected chi connectivity index (χ3v) is 3.92. The van der Waals surface area contributed by atoms with Crippen LogP contribution in [0.5, 0.6) is 5.75 Å². The minimum atomic E-state index is -0.625. The Morgan fingerprint density at radius 2 is 1.92 bits per heavy atom. The van der Waals surface area contributed by atoms with Crippen LogP contribution >= 0.6 is 35.7 Å². The van der Waals surface area contributed by atoms with Gasteiger partial charge in [-0.3, -0.25) is 4.99 Å². The maximum Gasteiger partial charge on any atom is 0.191 e. The van der Waals surface area contributed by atoms with Gasteiger partial charge in [-0.1, -0.05) is 12.1 Å². The highest BCUT2D eigenvalue weighted by molar-refractivity contribution is 14.0. The summed E-state index contributed by atoms with van der Waals surface area (Å²) in [6.45, 7) is 8.01. The molecule has 0 radical (unpaired) electrons. The molecule has 1 unspecified atom stereocenters. The van der Waals surface area contributed by atoms with Crippen molar-refractivity contribution >= 4 is 41.7 Å². The van der Waals surface area contributed by atoms with E-state index in [9.17, 15) is 5.11 Å². The highest BCUT2D eigenvalue weighted by atomic mass is 127. The molecular weight excluding hydrogens is 449 g/mol. The van der Waals surface area contributed by atoms with Gasteiger partial charge in [0.25, 0.3) is 0 Å². The Hall–Kier alpha value is -0.670. The summed E-state index contributed by atoms with van der Waals surface area (Å²) in [6.07, 6.45) is 2.71. The average Bonchev–Trinajstić information content (AvgIpc) is 2.56. The number of thioether (sulfide) groups is 1.